The van der Waals surface area contributed by atoms with E-state index in [4.69, 9.17) is 0 Å². The Kier molecular flexibility index (Phi) is 4.91. The van der Waals surface area contributed by atoms with Crippen molar-refractivity contribution in [2.75, 3.05) is 5.32 Å². The van der Waals surface area contributed by atoms with Crippen LogP contribution in [-0.4, -0.2) is 20.7 Å². The predicted molar refractivity (Wildman–Crippen MR) is 111 cm³/mol. The highest BCUT2D eigenvalue weighted by Crippen LogP contribution is 2.23. The molecule has 0 aliphatic heterocycles. The molecule has 0 spiro atoms. The van der Waals surface area contributed by atoms with Gasteiger partial charge in [-0.1, -0.05) is 36.4 Å². The molecule has 144 valence electrons. The highest BCUT2D eigenvalue weighted by Gasteiger charge is 2.19. The summed E-state index contributed by atoms with van der Waals surface area (Å²) in [6.07, 6.45) is 0. The third-order valence-electron chi connectivity index (χ3n) is 4.68. The minimum atomic E-state index is -0.462. The fraction of sp³-hybridized carbons (Fsp3) is 0.0870. The molecule has 0 unspecified atom stereocenters. The average molecular weight is 386 g/mol. The van der Waals surface area contributed by atoms with Crippen LogP contribution in [0.2, 0.25) is 0 Å². The van der Waals surface area contributed by atoms with Crippen molar-refractivity contribution >= 4 is 11.6 Å². The number of halogens is 1. The minimum Gasteiger partial charge on any atom is -0.319 e. The number of anilines is 1. The molecular weight excluding hydrogens is 367 g/mol. The van der Waals surface area contributed by atoms with Gasteiger partial charge in [-0.25, -0.2) is 14.1 Å². The number of benzene rings is 3. The second kappa shape index (κ2) is 7.67. The van der Waals surface area contributed by atoms with Crippen LogP contribution < -0.4 is 5.32 Å². The molecule has 0 fully saturated rings. The first-order valence-electron chi connectivity index (χ1n) is 9.18. The molecule has 29 heavy (non-hydrogen) atoms. The molecule has 0 radical (unpaired) electrons. The van der Waals surface area contributed by atoms with Crippen molar-refractivity contribution < 1.29 is 9.18 Å². The van der Waals surface area contributed by atoms with Crippen LogP contribution in [0.15, 0.2) is 72.8 Å². The zero-order valence-corrected chi connectivity index (χ0v) is 16.1. The number of carbonyl (C=O) groups excluding carboxylic acids is 1. The number of hydrogen-bond donors (Lipinski definition) is 1. The van der Waals surface area contributed by atoms with Crippen LogP contribution in [0.3, 0.4) is 0 Å². The lowest BCUT2D eigenvalue weighted by atomic mass is 10.1. The van der Waals surface area contributed by atoms with E-state index in [1.807, 2.05) is 62.4 Å². The molecule has 0 atom stereocenters. The summed E-state index contributed by atoms with van der Waals surface area (Å²) in [6, 6.07) is 21.1. The summed E-state index contributed by atoms with van der Waals surface area (Å²) < 4.78 is 14.8. The fourth-order valence-corrected chi connectivity index (χ4v) is 2.94. The largest absolute Gasteiger partial charge is 0.319 e. The first-order valence-corrected chi connectivity index (χ1v) is 9.18. The molecule has 5 nitrogen and oxygen atoms in total. The number of nitrogens with zero attached hydrogens (tertiary/aromatic N) is 3. The monoisotopic (exact) mass is 386 g/mol. The highest BCUT2D eigenvalue weighted by atomic mass is 19.1. The third kappa shape index (κ3) is 3.91. The van der Waals surface area contributed by atoms with Gasteiger partial charge in [-0.3, -0.25) is 4.79 Å². The molecule has 0 saturated carbocycles. The van der Waals surface area contributed by atoms with Crippen molar-refractivity contribution in [3.8, 4) is 17.1 Å². The molecule has 1 heterocycles. The van der Waals surface area contributed by atoms with E-state index < -0.39 is 5.91 Å². The number of carbonyl (C=O) groups is 1. The molecule has 1 N–H and O–H groups in total. The topological polar surface area (TPSA) is 59.8 Å². The Bertz CT molecular complexity index is 1170. The van der Waals surface area contributed by atoms with Crippen molar-refractivity contribution in [1.29, 1.82) is 0 Å². The standard InChI is InChI=1S/C23H19FN4O/c1-15-8-13-20(14-16(15)2)28-22(17-6-4-3-5-7-17)26-21(27-28)23(29)25-19-11-9-18(24)10-12-19/h3-14H,1-2H3,(H,25,29). The van der Waals surface area contributed by atoms with Gasteiger partial charge in [0.15, 0.2) is 5.82 Å². The van der Waals surface area contributed by atoms with Gasteiger partial charge < -0.3 is 5.32 Å². The van der Waals surface area contributed by atoms with Crippen LogP contribution >= 0.6 is 0 Å². The quantitative estimate of drug-likeness (QED) is 0.540. The van der Waals surface area contributed by atoms with Crippen LogP contribution in [0.25, 0.3) is 17.1 Å². The van der Waals surface area contributed by atoms with Gasteiger partial charge in [-0.2, -0.15) is 0 Å². The fourth-order valence-electron chi connectivity index (χ4n) is 2.94. The number of aryl methyl sites for hydroxylation is 2. The first kappa shape index (κ1) is 18.6. The Labute approximate surface area is 167 Å². The second-order valence-electron chi connectivity index (χ2n) is 6.77. The van der Waals surface area contributed by atoms with E-state index in [2.05, 4.69) is 15.4 Å². The van der Waals surface area contributed by atoms with Crippen LogP contribution in [0, 0.1) is 19.7 Å². The van der Waals surface area contributed by atoms with E-state index in [1.165, 1.54) is 29.8 Å². The number of rotatable bonds is 4. The van der Waals surface area contributed by atoms with Gasteiger partial charge in [0.2, 0.25) is 5.82 Å². The lowest BCUT2D eigenvalue weighted by molar-refractivity contribution is 0.101. The smallest absolute Gasteiger partial charge is 0.295 e. The zero-order valence-electron chi connectivity index (χ0n) is 16.1. The number of hydrogen-bond acceptors (Lipinski definition) is 3. The number of nitrogens with one attached hydrogen (secondary N) is 1. The molecule has 6 heteroatoms. The summed E-state index contributed by atoms with van der Waals surface area (Å²) >= 11 is 0. The van der Waals surface area contributed by atoms with Crippen LogP contribution in [0.5, 0.6) is 0 Å². The van der Waals surface area contributed by atoms with Crippen molar-refractivity contribution in [2.45, 2.75) is 13.8 Å². The maximum atomic E-state index is 13.1. The molecule has 3 aromatic carbocycles. The second-order valence-corrected chi connectivity index (χ2v) is 6.77. The van der Waals surface area contributed by atoms with Crippen molar-refractivity contribution in [2.24, 2.45) is 0 Å². The van der Waals surface area contributed by atoms with E-state index in [0.29, 0.717) is 11.5 Å². The lowest BCUT2D eigenvalue weighted by Gasteiger charge is -2.08. The maximum Gasteiger partial charge on any atom is 0.295 e. The number of amides is 1. The Morgan fingerprint density at radius 2 is 1.66 bits per heavy atom. The predicted octanol–water partition coefficient (Wildman–Crippen LogP) is 4.94. The highest BCUT2D eigenvalue weighted by molar-refractivity contribution is 6.01. The minimum absolute atomic E-state index is 0.0337. The average Bonchev–Trinajstić information content (AvgIpc) is 3.18. The van der Waals surface area contributed by atoms with Gasteiger partial charge in [0.05, 0.1) is 5.69 Å². The SMILES string of the molecule is Cc1ccc(-n2nc(C(=O)Nc3ccc(F)cc3)nc2-c2ccccc2)cc1C. The van der Waals surface area contributed by atoms with Gasteiger partial charge in [-0.05, 0) is 61.4 Å². The number of aromatic nitrogens is 3. The van der Waals surface area contributed by atoms with E-state index in [1.54, 1.807) is 4.68 Å². The van der Waals surface area contributed by atoms with Crippen LogP contribution in [0.1, 0.15) is 21.7 Å². The van der Waals surface area contributed by atoms with E-state index in [-0.39, 0.29) is 11.6 Å². The molecule has 1 aromatic heterocycles. The van der Waals surface area contributed by atoms with Gasteiger partial charge in [0, 0.05) is 11.3 Å². The normalized spacial score (nSPS) is 10.7. The summed E-state index contributed by atoms with van der Waals surface area (Å²) in [5.41, 5.74) is 4.43. The first-order chi connectivity index (χ1) is 14.0. The molecule has 0 bridgehead atoms. The summed E-state index contributed by atoms with van der Waals surface area (Å²) in [4.78, 5) is 17.2. The zero-order chi connectivity index (χ0) is 20.4. The summed E-state index contributed by atoms with van der Waals surface area (Å²) in [6.45, 7) is 4.07. The molecule has 0 saturated heterocycles. The Morgan fingerprint density at radius 3 is 2.34 bits per heavy atom. The van der Waals surface area contributed by atoms with Gasteiger partial charge in [0.25, 0.3) is 5.91 Å². The molecule has 4 aromatic rings. The van der Waals surface area contributed by atoms with Crippen molar-refractivity contribution in [3.63, 3.8) is 0 Å². The Balaban J connectivity index is 1.75. The maximum absolute atomic E-state index is 13.1. The molecule has 4 rings (SSSR count). The Morgan fingerprint density at radius 1 is 0.931 bits per heavy atom. The summed E-state index contributed by atoms with van der Waals surface area (Å²) in [5.74, 6) is -0.229. The van der Waals surface area contributed by atoms with Crippen molar-refractivity contribution in [3.05, 3.63) is 95.6 Å². The van der Waals surface area contributed by atoms with Gasteiger partial charge in [0.1, 0.15) is 5.82 Å². The molecular formula is C23H19FN4O. The molecule has 0 aliphatic carbocycles. The molecule has 0 aliphatic rings. The Hall–Kier alpha value is -3.80. The summed E-state index contributed by atoms with van der Waals surface area (Å²) in [7, 11) is 0. The summed E-state index contributed by atoms with van der Waals surface area (Å²) in [5, 5.41) is 7.17. The van der Waals surface area contributed by atoms with Crippen molar-refractivity contribution in [1.82, 2.24) is 14.8 Å². The molecule has 1 amide bonds. The third-order valence-corrected chi connectivity index (χ3v) is 4.68. The van der Waals surface area contributed by atoms with Gasteiger partial charge in [-0.15, -0.1) is 5.10 Å². The van der Waals surface area contributed by atoms with E-state index in [9.17, 15) is 9.18 Å². The van der Waals surface area contributed by atoms with Gasteiger partial charge >= 0.3 is 0 Å². The van der Waals surface area contributed by atoms with Crippen LogP contribution in [0.4, 0.5) is 10.1 Å². The van der Waals surface area contributed by atoms with Crippen LogP contribution in [-0.2, 0) is 0 Å². The lowest BCUT2D eigenvalue weighted by Crippen LogP contribution is -2.14. The van der Waals surface area contributed by atoms with E-state index in [0.717, 1.165) is 16.8 Å². The van der Waals surface area contributed by atoms with E-state index >= 15 is 0 Å².